The molecular formula is C18H32N2O4S. The van der Waals surface area contributed by atoms with Crippen molar-refractivity contribution in [3.8, 4) is 0 Å². The van der Waals surface area contributed by atoms with Crippen molar-refractivity contribution < 1.29 is 18.5 Å². The summed E-state index contributed by atoms with van der Waals surface area (Å²) in [4.78, 5) is 14.0. The number of piperidine rings is 1. The number of ether oxygens (including phenoxy) is 2. The number of nitrogens with zero attached hydrogens (tertiary/aromatic N) is 2. The minimum Gasteiger partial charge on any atom is -0.444 e. The molecule has 144 valence electrons. The van der Waals surface area contributed by atoms with Crippen LogP contribution in [0.3, 0.4) is 0 Å². The minimum absolute atomic E-state index is 0.126. The quantitative estimate of drug-likeness (QED) is 0.708. The van der Waals surface area contributed by atoms with E-state index in [0.717, 1.165) is 18.6 Å². The molecule has 7 heteroatoms. The Kier molecular flexibility index (Phi) is 5.69. The molecule has 0 bridgehead atoms. The molecule has 0 aliphatic carbocycles. The van der Waals surface area contributed by atoms with Crippen molar-refractivity contribution in [2.24, 2.45) is 9.81 Å². The molecule has 2 rings (SSSR count). The molecule has 2 fully saturated rings. The third kappa shape index (κ3) is 4.82. The molecule has 1 amide bonds. The Balaban J connectivity index is 2.11. The molecule has 0 N–H and O–H groups in total. The van der Waals surface area contributed by atoms with Crippen molar-refractivity contribution in [1.82, 2.24) is 4.90 Å². The second-order valence-corrected chi connectivity index (χ2v) is 10.9. The molecule has 0 radical (unpaired) electrons. The van der Waals surface area contributed by atoms with E-state index in [1.54, 1.807) is 4.90 Å². The highest BCUT2D eigenvalue weighted by Gasteiger charge is 2.48. The summed E-state index contributed by atoms with van der Waals surface area (Å²) in [7, 11) is -1.30. The van der Waals surface area contributed by atoms with Gasteiger partial charge in [0.1, 0.15) is 16.6 Å². The lowest BCUT2D eigenvalue weighted by Gasteiger charge is -2.39. The average molecular weight is 373 g/mol. The van der Waals surface area contributed by atoms with E-state index in [4.69, 9.17) is 9.47 Å². The largest absolute Gasteiger partial charge is 0.444 e. The van der Waals surface area contributed by atoms with Crippen molar-refractivity contribution in [2.45, 2.75) is 77.8 Å². The standard InChI is InChI=1S/C18H32N2O4S/c1-13-14(19-25(22)17(5,6)7)18(12-23-13)8-10-20(11-9-18)15(21)24-16(2,3)4/h13H,8-12H2,1-7H3/b19-14+/t13-,25+/m0/s1. The first-order valence-electron chi connectivity index (χ1n) is 8.95. The predicted octanol–water partition coefficient (Wildman–Crippen LogP) is 3.33. The Labute approximate surface area is 153 Å². The predicted molar refractivity (Wildman–Crippen MR) is 100 cm³/mol. The summed E-state index contributed by atoms with van der Waals surface area (Å²) in [5, 5.41) is 0. The Morgan fingerprint density at radius 1 is 1.24 bits per heavy atom. The topological polar surface area (TPSA) is 68.2 Å². The maximum Gasteiger partial charge on any atom is 0.410 e. The summed E-state index contributed by atoms with van der Waals surface area (Å²) >= 11 is 0. The Bertz CT molecular complexity index is 567. The molecular weight excluding hydrogens is 340 g/mol. The first-order valence-corrected chi connectivity index (χ1v) is 10.1. The number of carbonyl (C=O) groups is 1. The third-order valence-corrected chi connectivity index (χ3v) is 6.03. The van der Waals surface area contributed by atoms with Gasteiger partial charge in [0.2, 0.25) is 0 Å². The zero-order valence-corrected chi connectivity index (χ0v) is 17.4. The number of amides is 1. The third-order valence-electron chi connectivity index (χ3n) is 4.62. The van der Waals surface area contributed by atoms with Crippen LogP contribution in [0.25, 0.3) is 0 Å². The van der Waals surface area contributed by atoms with Gasteiger partial charge < -0.3 is 14.4 Å². The fourth-order valence-corrected chi connectivity index (χ4v) is 3.90. The van der Waals surface area contributed by atoms with E-state index >= 15 is 0 Å². The summed E-state index contributed by atoms with van der Waals surface area (Å²) in [6.07, 6.45) is 1.12. The highest BCUT2D eigenvalue weighted by atomic mass is 32.2. The molecule has 0 aromatic carbocycles. The summed E-state index contributed by atoms with van der Waals surface area (Å²) in [6.45, 7) is 15.1. The fourth-order valence-electron chi connectivity index (χ4n) is 3.11. The zero-order chi connectivity index (χ0) is 19.0. The number of likely N-dealkylation sites (tertiary alicyclic amines) is 1. The van der Waals surface area contributed by atoms with Gasteiger partial charge in [0.05, 0.1) is 23.2 Å². The van der Waals surface area contributed by atoms with E-state index in [1.165, 1.54) is 0 Å². The van der Waals surface area contributed by atoms with Crippen LogP contribution in [0.15, 0.2) is 4.40 Å². The Morgan fingerprint density at radius 3 is 2.28 bits per heavy atom. The van der Waals surface area contributed by atoms with Gasteiger partial charge in [-0.1, -0.05) is 0 Å². The molecule has 2 saturated heterocycles. The van der Waals surface area contributed by atoms with E-state index < -0.39 is 21.3 Å². The van der Waals surface area contributed by atoms with Gasteiger partial charge >= 0.3 is 6.09 Å². The fraction of sp³-hybridized carbons (Fsp3) is 0.889. The lowest BCUT2D eigenvalue weighted by molar-refractivity contribution is 0.0109. The maximum absolute atomic E-state index is 12.5. The molecule has 0 unspecified atom stereocenters. The Morgan fingerprint density at radius 2 is 1.80 bits per heavy atom. The lowest BCUT2D eigenvalue weighted by Crippen LogP contribution is -2.48. The van der Waals surface area contributed by atoms with Gasteiger partial charge in [0.15, 0.2) is 0 Å². The molecule has 1 spiro atoms. The number of carbonyl (C=O) groups excluding carboxylic acids is 1. The van der Waals surface area contributed by atoms with Crippen LogP contribution in [-0.4, -0.2) is 57.1 Å². The van der Waals surface area contributed by atoms with Crippen LogP contribution < -0.4 is 0 Å². The second-order valence-electron chi connectivity index (χ2n) is 9.04. The van der Waals surface area contributed by atoms with Crippen LogP contribution in [0.4, 0.5) is 4.79 Å². The van der Waals surface area contributed by atoms with Crippen LogP contribution in [0.2, 0.25) is 0 Å². The van der Waals surface area contributed by atoms with Gasteiger partial charge in [-0.15, -0.1) is 0 Å². The monoisotopic (exact) mass is 372 g/mol. The molecule has 2 atom stereocenters. The van der Waals surface area contributed by atoms with Crippen molar-refractivity contribution in [3.63, 3.8) is 0 Å². The summed E-state index contributed by atoms with van der Waals surface area (Å²) in [6, 6.07) is 0. The molecule has 25 heavy (non-hydrogen) atoms. The lowest BCUT2D eigenvalue weighted by atomic mass is 9.75. The van der Waals surface area contributed by atoms with Gasteiger partial charge in [-0.05, 0) is 61.3 Å². The summed E-state index contributed by atoms with van der Waals surface area (Å²) in [5.74, 6) is 0. The molecule has 0 aromatic heterocycles. The summed E-state index contributed by atoms with van der Waals surface area (Å²) in [5.41, 5.74) is 0.191. The average Bonchev–Trinajstić information content (AvgIpc) is 2.75. The molecule has 2 heterocycles. The van der Waals surface area contributed by atoms with Crippen molar-refractivity contribution in [1.29, 1.82) is 0 Å². The SMILES string of the molecule is C[C@@H]1OCC2(CCN(C(=O)OC(C)(C)C)CC2)/C1=N/[S@](=O)C(C)(C)C. The molecule has 2 aliphatic rings. The van der Waals surface area contributed by atoms with E-state index in [0.29, 0.717) is 19.7 Å². The van der Waals surface area contributed by atoms with Gasteiger partial charge in [-0.25, -0.2) is 9.00 Å². The van der Waals surface area contributed by atoms with Crippen molar-refractivity contribution in [2.75, 3.05) is 19.7 Å². The number of hydrogen-bond donors (Lipinski definition) is 0. The van der Waals surface area contributed by atoms with E-state index in [-0.39, 0.29) is 17.6 Å². The summed E-state index contributed by atoms with van der Waals surface area (Å²) < 4.78 is 28.0. The highest BCUT2D eigenvalue weighted by Crippen LogP contribution is 2.41. The normalized spacial score (nSPS) is 26.9. The van der Waals surface area contributed by atoms with Gasteiger partial charge in [-0.2, -0.15) is 4.40 Å². The minimum atomic E-state index is -1.30. The molecule has 0 saturated carbocycles. The van der Waals surface area contributed by atoms with E-state index in [1.807, 2.05) is 48.5 Å². The van der Waals surface area contributed by atoms with Crippen LogP contribution in [0, 0.1) is 5.41 Å². The van der Waals surface area contributed by atoms with Crippen LogP contribution >= 0.6 is 0 Å². The zero-order valence-electron chi connectivity index (χ0n) is 16.5. The van der Waals surface area contributed by atoms with Crippen molar-refractivity contribution >= 4 is 22.8 Å². The van der Waals surface area contributed by atoms with E-state index in [2.05, 4.69) is 4.40 Å². The molecule has 0 aromatic rings. The molecule has 6 nitrogen and oxygen atoms in total. The number of hydrogen-bond acceptors (Lipinski definition) is 4. The van der Waals surface area contributed by atoms with Crippen LogP contribution in [0.5, 0.6) is 0 Å². The first kappa shape index (κ1) is 20.4. The van der Waals surface area contributed by atoms with Gasteiger partial charge in [-0.3, -0.25) is 0 Å². The second kappa shape index (κ2) is 6.99. The highest BCUT2D eigenvalue weighted by molar-refractivity contribution is 7.85. The van der Waals surface area contributed by atoms with Gasteiger partial charge in [0, 0.05) is 18.5 Å². The van der Waals surface area contributed by atoms with Crippen LogP contribution in [-0.2, 0) is 20.5 Å². The number of rotatable bonds is 1. The van der Waals surface area contributed by atoms with Crippen molar-refractivity contribution in [3.05, 3.63) is 0 Å². The smallest absolute Gasteiger partial charge is 0.410 e. The maximum atomic E-state index is 12.5. The van der Waals surface area contributed by atoms with Crippen LogP contribution in [0.1, 0.15) is 61.3 Å². The molecule has 2 aliphatic heterocycles. The first-order chi connectivity index (χ1) is 11.3. The Hall–Kier alpha value is -0.950. The van der Waals surface area contributed by atoms with E-state index in [9.17, 15) is 9.00 Å². The van der Waals surface area contributed by atoms with Gasteiger partial charge in [0.25, 0.3) is 0 Å².